The number of nitrogens with zero attached hydrogens (tertiary/aromatic N) is 1. The van der Waals surface area contributed by atoms with Crippen molar-refractivity contribution in [3.05, 3.63) is 11.6 Å². The zero-order valence-electron chi connectivity index (χ0n) is 17.0. The maximum atomic E-state index is 12.0. The number of methoxy groups -OCH3 is 1. The maximum Gasteiger partial charge on any atom is 0.408 e. The molecule has 0 unspecified atom stereocenters. The van der Waals surface area contributed by atoms with Crippen LogP contribution < -0.4 is 5.32 Å². The molecule has 0 saturated heterocycles. The molecule has 0 aromatic carbocycles. The van der Waals surface area contributed by atoms with E-state index >= 15 is 0 Å². The monoisotopic (exact) mass is 388 g/mol. The number of hydrogen-bond acceptors (Lipinski definition) is 7. The molecule has 0 saturated carbocycles. The molecule has 7 nitrogen and oxygen atoms in total. The fraction of sp³-hybridized carbons (Fsp3) is 0.778. The molecule has 1 rings (SSSR count). The Morgan fingerprint density at radius 1 is 1.31 bits per heavy atom. The number of carbonyl (C=O) groups excluding carboxylic acids is 2. The van der Waals surface area contributed by atoms with Crippen LogP contribution in [0, 0.1) is 0 Å². The van der Waals surface area contributed by atoms with Gasteiger partial charge in [0.2, 0.25) is 0 Å². The van der Waals surface area contributed by atoms with Gasteiger partial charge in [-0.1, -0.05) is 6.08 Å². The molecule has 2 N–H and O–H groups in total. The van der Waals surface area contributed by atoms with Gasteiger partial charge in [0.15, 0.2) is 0 Å². The number of nitrogens with one attached hydrogen (secondary N) is 1. The third-order valence-electron chi connectivity index (χ3n) is 4.11. The second-order valence-electron chi connectivity index (χ2n) is 8.43. The highest BCUT2D eigenvalue weighted by Gasteiger charge is 2.44. The van der Waals surface area contributed by atoms with Crippen molar-refractivity contribution < 1.29 is 24.3 Å². The van der Waals surface area contributed by atoms with Gasteiger partial charge in [-0.2, -0.15) is 16.8 Å². The van der Waals surface area contributed by atoms with Gasteiger partial charge < -0.3 is 20.0 Å². The van der Waals surface area contributed by atoms with Crippen molar-refractivity contribution >= 4 is 23.8 Å². The van der Waals surface area contributed by atoms with Crippen LogP contribution in [0.15, 0.2) is 11.6 Å². The molecular formula is C18H32N2O5S. The summed E-state index contributed by atoms with van der Waals surface area (Å²) in [6.45, 7) is 13.0. The highest BCUT2D eigenvalue weighted by Crippen LogP contribution is 2.39. The number of esters is 1. The van der Waals surface area contributed by atoms with Crippen molar-refractivity contribution in [1.29, 1.82) is 0 Å². The molecule has 1 amide bonds. The van der Waals surface area contributed by atoms with Gasteiger partial charge in [-0.25, -0.2) is 9.59 Å². The summed E-state index contributed by atoms with van der Waals surface area (Å²) in [6, 6.07) is -0.803. The Labute approximate surface area is 160 Å². The summed E-state index contributed by atoms with van der Waals surface area (Å²) in [6.07, 6.45) is 1.38. The topological polar surface area (TPSA) is 88.1 Å². The Balaban J connectivity index is 2.68. The van der Waals surface area contributed by atoms with Gasteiger partial charge in [-0.15, -0.1) is 0 Å². The minimum atomic E-state index is -0.803. The molecule has 0 aromatic heterocycles. The molecule has 26 heavy (non-hydrogen) atoms. The predicted octanol–water partition coefficient (Wildman–Crippen LogP) is 2.97. The summed E-state index contributed by atoms with van der Waals surface area (Å²) in [7, 11) is 1.28. The zero-order chi connectivity index (χ0) is 20.3. The number of alkyl carbamates (subject to hydrolysis) is 1. The van der Waals surface area contributed by atoms with Crippen molar-refractivity contribution in [2.45, 2.75) is 71.2 Å². The molecule has 1 atom stereocenters. The SMILES string of the molecule is COC(=O)[C@H](CSCC1=CC(C)(C)N(O)C1(C)C)NC(=O)OC(C)(C)C. The van der Waals surface area contributed by atoms with Crippen molar-refractivity contribution in [1.82, 2.24) is 10.4 Å². The Hall–Kier alpha value is -1.25. The largest absolute Gasteiger partial charge is 0.467 e. The van der Waals surface area contributed by atoms with Gasteiger partial charge >= 0.3 is 12.1 Å². The van der Waals surface area contributed by atoms with E-state index in [1.54, 1.807) is 20.8 Å². The average molecular weight is 389 g/mol. The molecule has 150 valence electrons. The van der Waals surface area contributed by atoms with E-state index in [0.29, 0.717) is 11.5 Å². The van der Waals surface area contributed by atoms with Crippen LogP contribution in [-0.2, 0) is 14.3 Å². The maximum absolute atomic E-state index is 12.0. The van der Waals surface area contributed by atoms with Crippen LogP contribution in [0.2, 0.25) is 0 Å². The predicted molar refractivity (Wildman–Crippen MR) is 102 cm³/mol. The van der Waals surface area contributed by atoms with E-state index < -0.39 is 34.8 Å². The van der Waals surface area contributed by atoms with Crippen molar-refractivity contribution in [3.63, 3.8) is 0 Å². The van der Waals surface area contributed by atoms with Gasteiger partial charge in [-0.05, 0) is 54.0 Å². The van der Waals surface area contributed by atoms with Gasteiger partial charge in [0.25, 0.3) is 0 Å². The van der Waals surface area contributed by atoms with E-state index in [2.05, 4.69) is 5.32 Å². The molecule has 0 aliphatic carbocycles. The van der Waals surface area contributed by atoms with Crippen LogP contribution >= 0.6 is 11.8 Å². The summed E-state index contributed by atoms with van der Waals surface area (Å²) in [5.74, 6) is 0.439. The second kappa shape index (κ2) is 8.19. The lowest BCUT2D eigenvalue weighted by atomic mass is 9.98. The third-order valence-corrected chi connectivity index (χ3v) is 5.19. The Bertz CT molecular complexity index is 566. The van der Waals surface area contributed by atoms with Crippen LogP contribution in [0.25, 0.3) is 0 Å². The van der Waals surface area contributed by atoms with Crippen LogP contribution in [-0.4, -0.2) is 63.7 Å². The first-order valence-electron chi connectivity index (χ1n) is 8.57. The molecule has 1 heterocycles. The number of hydroxylamine groups is 2. The number of carbonyl (C=O) groups is 2. The second-order valence-corrected chi connectivity index (χ2v) is 9.46. The van der Waals surface area contributed by atoms with E-state index in [-0.39, 0.29) is 0 Å². The molecule has 0 radical (unpaired) electrons. The van der Waals surface area contributed by atoms with Gasteiger partial charge in [0.1, 0.15) is 11.6 Å². The Morgan fingerprint density at radius 3 is 2.31 bits per heavy atom. The standard InChI is InChI=1S/C18H32N2O5S/c1-16(2,3)25-15(22)19-13(14(21)24-8)11-26-10-12-9-17(4,5)20(23)18(12,6)7/h9,13,23H,10-11H2,1-8H3,(H,19,22)/t13-/m0/s1. The number of amides is 1. The molecule has 0 spiro atoms. The fourth-order valence-corrected chi connectivity index (χ4v) is 4.02. The highest BCUT2D eigenvalue weighted by molar-refractivity contribution is 7.99. The Kier molecular flexibility index (Phi) is 7.18. The first-order chi connectivity index (χ1) is 11.7. The van der Waals surface area contributed by atoms with Crippen LogP contribution in [0.1, 0.15) is 48.5 Å². The first-order valence-corrected chi connectivity index (χ1v) is 9.72. The van der Waals surface area contributed by atoms with E-state index in [4.69, 9.17) is 9.47 Å². The number of rotatable bonds is 6. The highest BCUT2D eigenvalue weighted by atomic mass is 32.2. The number of thioether (sulfide) groups is 1. The van der Waals surface area contributed by atoms with Crippen LogP contribution in [0.5, 0.6) is 0 Å². The van der Waals surface area contributed by atoms with E-state index in [1.165, 1.54) is 23.9 Å². The lowest BCUT2D eigenvalue weighted by molar-refractivity contribution is -0.185. The zero-order valence-corrected chi connectivity index (χ0v) is 17.8. The molecule has 1 aliphatic heterocycles. The summed E-state index contributed by atoms with van der Waals surface area (Å²) >= 11 is 1.49. The lowest BCUT2D eigenvalue weighted by Gasteiger charge is -2.36. The number of hydrogen-bond donors (Lipinski definition) is 2. The third kappa shape index (κ3) is 5.89. The van der Waals surface area contributed by atoms with Gasteiger partial charge in [0.05, 0.1) is 18.2 Å². The van der Waals surface area contributed by atoms with Crippen LogP contribution in [0.4, 0.5) is 4.79 Å². The summed E-state index contributed by atoms with van der Waals surface area (Å²) in [4.78, 5) is 23.9. The lowest BCUT2D eigenvalue weighted by Crippen LogP contribution is -2.48. The van der Waals surface area contributed by atoms with Gasteiger partial charge in [-0.3, -0.25) is 0 Å². The van der Waals surface area contributed by atoms with Crippen LogP contribution in [0.3, 0.4) is 0 Å². The summed E-state index contributed by atoms with van der Waals surface area (Å²) < 4.78 is 9.97. The van der Waals surface area contributed by atoms with E-state index in [0.717, 1.165) is 5.57 Å². The molecule has 8 heteroatoms. The minimum absolute atomic E-state index is 0.338. The van der Waals surface area contributed by atoms with E-state index in [1.807, 2.05) is 33.8 Å². The molecule has 0 bridgehead atoms. The molecule has 0 fully saturated rings. The first kappa shape index (κ1) is 22.8. The summed E-state index contributed by atoms with van der Waals surface area (Å²) in [5, 5.41) is 14.2. The Morgan fingerprint density at radius 2 is 1.88 bits per heavy atom. The molecule has 1 aliphatic rings. The van der Waals surface area contributed by atoms with Crippen molar-refractivity contribution in [2.24, 2.45) is 0 Å². The molecule has 0 aromatic rings. The summed E-state index contributed by atoms with van der Waals surface area (Å²) in [5.41, 5.74) is -0.519. The quantitative estimate of drug-likeness (QED) is 0.534. The normalized spacial score (nSPS) is 20.3. The smallest absolute Gasteiger partial charge is 0.408 e. The fourth-order valence-electron chi connectivity index (χ4n) is 2.79. The van der Waals surface area contributed by atoms with E-state index in [9.17, 15) is 14.8 Å². The minimum Gasteiger partial charge on any atom is -0.467 e. The average Bonchev–Trinajstić information content (AvgIpc) is 2.63. The number of ether oxygens (including phenoxy) is 2. The van der Waals surface area contributed by atoms with Crippen molar-refractivity contribution in [3.8, 4) is 0 Å². The van der Waals surface area contributed by atoms with Crippen molar-refractivity contribution in [2.75, 3.05) is 18.6 Å². The van der Waals surface area contributed by atoms with Gasteiger partial charge in [0, 0.05) is 11.5 Å². The molecular weight excluding hydrogens is 356 g/mol.